The molecule has 0 saturated carbocycles. The van der Waals surface area contributed by atoms with Gasteiger partial charge < -0.3 is 4.57 Å². The van der Waals surface area contributed by atoms with Crippen LogP contribution < -0.4 is 11.2 Å². The summed E-state index contributed by atoms with van der Waals surface area (Å²) < 4.78 is 2.57. The van der Waals surface area contributed by atoms with Gasteiger partial charge in [-0.1, -0.05) is 0 Å². The predicted molar refractivity (Wildman–Crippen MR) is 64.6 cm³/mol. The van der Waals surface area contributed by atoms with Crippen LogP contribution in [0, 0.1) is 16.7 Å². The lowest BCUT2D eigenvalue weighted by Gasteiger charge is -2.14. The molecule has 0 amide bonds. The Kier molecular flexibility index (Phi) is 3.89. The molecule has 0 N–H and O–H groups in total. The zero-order valence-corrected chi connectivity index (χ0v) is 10.4. The third kappa shape index (κ3) is 3.31. The molecule has 0 radical (unpaired) electrons. The molecule has 0 spiro atoms. The van der Waals surface area contributed by atoms with Crippen LogP contribution in [0.4, 0.5) is 0 Å². The Morgan fingerprint density at radius 2 is 2.06 bits per heavy atom. The first-order valence-electron chi connectivity index (χ1n) is 5.55. The summed E-state index contributed by atoms with van der Waals surface area (Å²) in [6.07, 6.45) is 2.76. The molecule has 0 aromatic carbocycles. The summed E-state index contributed by atoms with van der Waals surface area (Å²) in [5.74, 6) is 0. The number of nitrogens with zero attached hydrogens (tertiary/aromatic N) is 3. The van der Waals surface area contributed by atoms with Crippen molar-refractivity contribution >= 4 is 0 Å². The van der Waals surface area contributed by atoms with E-state index >= 15 is 0 Å². The Morgan fingerprint density at radius 1 is 1.41 bits per heavy atom. The molecule has 5 heteroatoms. The number of rotatable bonds is 4. The van der Waals surface area contributed by atoms with Crippen molar-refractivity contribution in [3.05, 3.63) is 33.1 Å². The van der Waals surface area contributed by atoms with Crippen molar-refractivity contribution in [2.75, 3.05) is 0 Å². The SMILES string of the molecule is Cn1ccc(=O)n(CCCC(C)(C)C#N)c1=O. The van der Waals surface area contributed by atoms with Crippen LogP contribution in [0.3, 0.4) is 0 Å². The van der Waals surface area contributed by atoms with E-state index in [0.717, 1.165) is 0 Å². The van der Waals surface area contributed by atoms with Gasteiger partial charge in [0.15, 0.2) is 0 Å². The molecule has 0 fully saturated rings. The quantitative estimate of drug-likeness (QED) is 0.777. The molecule has 0 aliphatic carbocycles. The van der Waals surface area contributed by atoms with Crippen LogP contribution >= 0.6 is 0 Å². The van der Waals surface area contributed by atoms with Gasteiger partial charge in [0.05, 0.1) is 11.5 Å². The highest BCUT2D eigenvalue weighted by Gasteiger charge is 2.16. The van der Waals surface area contributed by atoms with Gasteiger partial charge in [-0.25, -0.2) is 4.79 Å². The van der Waals surface area contributed by atoms with Crippen LogP contribution in [0.1, 0.15) is 26.7 Å². The fourth-order valence-electron chi connectivity index (χ4n) is 1.55. The van der Waals surface area contributed by atoms with Gasteiger partial charge in [-0.05, 0) is 26.7 Å². The van der Waals surface area contributed by atoms with E-state index in [-0.39, 0.29) is 11.2 Å². The Hall–Kier alpha value is -1.83. The number of nitriles is 1. The van der Waals surface area contributed by atoms with Gasteiger partial charge in [0, 0.05) is 25.9 Å². The van der Waals surface area contributed by atoms with Crippen molar-refractivity contribution in [3.63, 3.8) is 0 Å². The highest BCUT2D eigenvalue weighted by Crippen LogP contribution is 2.20. The Bertz CT molecular complexity index is 546. The molecule has 1 heterocycles. The molecule has 0 unspecified atom stereocenters. The van der Waals surface area contributed by atoms with E-state index in [4.69, 9.17) is 5.26 Å². The van der Waals surface area contributed by atoms with Gasteiger partial charge in [-0.3, -0.25) is 9.36 Å². The van der Waals surface area contributed by atoms with Crippen LogP contribution in [-0.4, -0.2) is 9.13 Å². The van der Waals surface area contributed by atoms with Crippen molar-refractivity contribution in [2.45, 2.75) is 33.2 Å². The lowest BCUT2D eigenvalue weighted by molar-refractivity contribution is 0.407. The van der Waals surface area contributed by atoms with E-state index in [1.807, 2.05) is 13.8 Å². The predicted octanol–water partition coefficient (Wildman–Crippen LogP) is 0.877. The standard InChI is InChI=1S/C12H17N3O2/c1-12(2,9-13)6-4-7-15-10(16)5-8-14(3)11(15)17/h5,8H,4,6-7H2,1-3H3. The minimum absolute atomic E-state index is 0.289. The number of aryl methyl sites for hydroxylation is 1. The lowest BCUT2D eigenvalue weighted by atomic mass is 9.90. The molecular formula is C12H17N3O2. The van der Waals surface area contributed by atoms with Crippen LogP contribution in [0.25, 0.3) is 0 Å². The fourth-order valence-corrected chi connectivity index (χ4v) is 1.55. The van der Waals surface area contributed by atoms with Crippen LogP contribution in [0.5, 0.6) is 0 Å². The number of aromatic nitrogens is 2. The fraction of sp³-hybridized carbons (Fsp3) is 0.583. The summed E-state index contributed by atoms with van der Waals surface area (Å²) >= 11 is 0. The van der Waals surface area contributed by atoms with Gasteiger partial charge in [0.2, 0.25) is 0 Å². The average molecular weight is 235 g/mol. The summed E-state index contributed by atoms with van der Waals surface area (Å²) in [5.41, 5.74) is -1.01. The minimum atomic E-state index is -0.413. The second-order valence-corrected chi connectivity index (χ2v) is 4.80. The third-order valence-electron chi connectivity index (χ3n) is 2.73. The Labute approximate surface area is 99.9 Å². The van der Waals surface area contributed by atoms with E-state index in [1.165, 1.54) is 21.4 Å². The van der Waals surface area contributed by atoms with Crippen molar-refractivity contribution in [3.8, 4) is 6.07 Å². The average Bonchev–Trinajstić information content (AvgIpc) is 2.28. The molecule has 1 rings (SSSR count). The molecule has 1 aromatic heterocycles. The normalized spacial score (nSPS) is 11.2. The molecule has 0 aliphatic rings. The maximum Gasteiger partial charge on any atom is 0.330 e. The second kappa shape index (κ2) is 5.00. The lowest BCUT2D eigenvalue weighted by Crippen LogP contribution is -2.38. The van der Waals surface area contributed by atoms with Crippen LogP contribution in [0.15, 0.2) is 21.9 Å². The van der Waals surface area contributed by atoms with E-state index in [0.29, 0.717) is 19.4 Å². The molecule has 0 aliphatic heterocycles. The number of hydrogen-bond acceptors (Lipinski definition) is 3. The summed E-state index contributed by atoms with van der Waals surface area (Å²) in [7, 11) is 1.61. The maximum absolute atomic E-state index is 11.7. The molecule has 0 atom stereocenters. The molecule has 92 valence electrons. The van der Waals surface area contributed by atoms with Gasteiger partial charge in [0.25, 0.3) is 5.56 Å². The summed E-state index contributed by atoms with van der Waals surface area (Å²) in [4.78, 5) is 23.2. The van der Waals surface area contributed by atoms with Crippen LogP contribution in [0.2, 0.25) is 0 Å². The molecule has 17 heavy (non-hydrogen) atoms. The highest BCUT2D eigenvalue weighted by molar-refractivity contribution is 4.91. The first kappa shape index (κ1) is 13.2. The van der Waals surface area contributed by atoms with Crippen molar-refractivity contribution in [1.29, 1.82) is 5.26 Å². The van der Waals surface area contributed by atoms with E-state index in [9.17, 15) is 9.59 Å². The van der Waals surface area contributed by atoms with Gasteiger partial charge >= 0.3 is 5.69 Å². The van der Waals surface area contributed by atoms with E-state index in [1.54, 1.807) is 7.05 Å². The molecule has 1 aromatic rings. The second-order valence-electron chi connectivity index (χ2n) is 4.80. The first-order valence-corrected chi connectivity index (χ1v) is 5.55. The van der Waals surface area contributed by atoms with E-state index < -0.39 is 5.41 Å². The van der Waals surface area contributed by atoms with Crippen molar-refractivity contribution in [1.82, 2.24) is 9.13 Å². The van der Waals surface area contributed by atoms with Crippen molar-refractivity contribution < 1.29 is 0 Å². The Morgan fingerprint density at radius 3 is 2.65 bits per heavy atom. The molecule has 0 bridgehead atoms. The van der Waals surface area contributed by atoms with E-state index in [2.05, 4.69) is 6.07 Å². The molecular weight excluding hydrogens is 218 g/mol. The molecule has 5 nitrogen and oxygen atoms in total. The maximum atomic E-state index is 11.7. The third-order valence-corrected chi connectivity index (χ3v) is 2.73. The Balaban J connectivity index is 2.79. The first-order chi connectivity index (χ1) is 7.87. The summed E-state index contributed by atoms with van der Waals surface area (Å²) in [6, 6.07) is 3.57. The van der Waals surface area contributed by atoms with Crippen LogP contribution in [-0.2, 0) is 13.6 Å². The number of hydrogen-bond donors (Lipinski definition) is 0. The summed E-state index contributed by atoms with van der Waals surface area (Å²) in [6.45, 7) is 4.05. The summed E-state index contributed by atoms with van der Waals surface area (Å²) in [5, 5.41) is 8.86. The topological polar surface area (TPSA) is 67.8 Å². The van der Waals surface area contributed by atoms with Crippen molar-refractivity contribution in [2.24, 2.45) is 12.5 Å². The smallest absolute Gasteiger partial charge is 0.303 e. The van der Waals surface area contributed by atoms with Gasteiger partial charge in [-0.15, -0.1) is 0 Å². The highest BCUT2D eigenvalue weighted by atomic mass is 16.2. The largest absolute Gasteiger partial charge is 0.330 e. The zero-order valence-electron chi connectivity index (χ0n) is 10.4. The monoisotopic (exact) mass is 235 g/mol. The van der Waals surface area contributed by atoms with Gasteiger partial charge in [0.1, 0.15) is 0 Å². The molecule has 0 saturated heterocycles. The van der Waals surface area contributed by atoms with Gasteiger partial charge in [-0.2, -0.15) is 5.26 Å². The zero-order chi connectivity index (χ0) is 13.1. The minimum Gasteiger partial charge on any atom is -0.303 e.